The smallest absolute Gasteiger partial charge is 0.255 e. The maximum atomic E-state index is 12.7. The number of halogens is 4. The molecule has 1 aromatic carbocycles. The predicted molar refractivity (Wildman–Crippen MR) is 89.8 cm³/mol. The number of carbonyl (C=O) groups is 2. The summed E-state index contributed by atoms with van der Waals surface area (Å²) in [6.45, 7) is 1.69. The Balaban J connectivity index is 2.14. The fourth-order valence-electron chi connectivity index (χ4n) is 2.77. The monoisotopic (exact) mass is 378 g/mol. The molecule has 1 atom stereocenters. The van der Waals surface area contributed by atoms with Gasteiger partial charge in [-0.2, -0.15) is 0 Å². The minimum absolute atomic E-state index is 0.208. The molecule has 2 rings (SSSR count). The molecule has 1 aliphatic rings. The lowest BCUT2D eigenvalue weighted by atomic mass is 10.1. The Morgan fingerprint density at radius 1 is 1.38 bits per heavy atom. The lowest BCUT2D eigenvalue weighted by molar-refractivity contribution is -0.141. The number of hydrogen-bond acceptors (Lipinski definition) is 2. The third-order valence-electron chi connectivity index (χ3n) is 3.88. The second-order valence-electron chi connectivity index (χ2n) is 5.60. The van der Waals surface area contributed by atoms with Gasteiger partial charge in [0.15, 0.2) is 0 Å². The summed E-state index contributed by atoms with van der Waals surface area (Å²) in [5.41, 5.74) is 0.542. The van der Waals surface area contributed by atoms with Gasteiger partial charge in [-0.1, -0.05) is 30.1 Å². The van der Waals surface area contributed by atoms with Crippen LogP contribution in [0.3, 0.4) is 0 Å². The van der Waals surface area contributed by atoms with Crippen LogP contribution < -0.4 is 4.90 Å². The normalized spacial score (nSPS) is 17.7. The fraction of sp³-hybridized carbons (Fsp3) is 0.500. The van der Waals surface area contributed by atoms with Gasteiger partial charge in [0.05, 0.1) is 16.6 Å². The highest BCUT2D eigenvalue weighted by Gasteiger charge is 2.40. The van der Waals surface area contributed by atoms with Gasteiger partial charge in [-0.3, -0.25) is 9.59 Å². The molecule has 1 aliphatic heterocycles. The molecule has 0 radical (unpaired) electrons. The van der Waals surface area contributed by atoms with Crippen LogP contribution in [0, 0.1) is 5.92 Å². The Bertz CT molecular complexity index is 628. The van der Waals surface area contributed by atoms with E-state index in [1.807, 2.05) is 0 Å². The lowest BCUT2D eigenvalue weighted by Gasteiger charge is -2.24. The van der Waals surface area contributed by atoms with Crippen molar-refractivity contribution >= 4 is 40.7 Å². The number of amides is 2. The van der Waals surface area contributed by atoms with Crippen molar-refractivity contribution in [1.82, 2.24) is 4.90 Å². The summed E-state index contributed by atoms with van der Waals surface area (Å²) in [6, 6.07) is 4.77. The van der Waals surface area contributed by atoms with Crippen molar-refractivity contribution in [2.45, 2.75) is 26.2 Å². The van der Waals surface area contributed by atoms with Crippen LogP contribution in [0.5, 0.6) is 0 Å². The van der Waals surface area contributed by atoms with E-state index in [-0.39, 0.29) is 6.54 Å². The van der Waals surface area contributed by atoms with Crippen LogP contribution in [0.2, 0.25) is 10.0 Å². The van der Waals surface area contributed by atoms with E-state index >= 15 is 0 Å². The van der Waals surface area contributed by atoms with E-state index in [1.165, 1.54) is 4.90 Å². The minimum atomic E-state index is -2.62. The molecule has 1 heterocycles. The largest absolute Gasteiger partial charge is 0.336 e. The van der Waals surface area contributed by atoms with E-state index < -0.39 is 30.7 Å². The molecule has 132 valence electrons. The van der Waals surface area contributed by atoms with E-state index in [4.69, 9.17) is 23.2 Å². The molecule has 1 fully saturated rings. The van der Waals surface area contributed by atoms with Crippen LogP contribution in [0.1, 0.15) is 19.8 Å². The Labute approximate surface area is 149 Å². The Morgan fingerprint density at radius 3 is 2.67 bits per heavy atom. The molecule has 1 saturated heterocycles. The topological polar surface area (TPSA) is 40.6 Å². The number of alkyl halides is 2. The Kier molecular flexibility index (Phi) is 6.40. The molecule has 4 nitrogen and oxygen atoms in total. The van der Waals surface area contributed by atoms with E-state index in [2.05, 4.69) is 0 Å². The molecule has 0 bridgehead atoms. The number of nitrogens with zero attached hydrogens (tertiary/aromatic N) is 2. The first-order valence-electron chi connectivity index (χ1n) is 7.68. The zero-order valence-electron chi connectivity index (χ0n) is 13.1. The van der Waals surface area contributed by atoms with Gasteiger partial charge in [0.1, 0.15) is 5.92 Å². The molecule has 2 amide bonds. The van der Waals surface area contributed by atoms with Gasteiger partial charge in [0.2, 0.25) is 11.8 Å². The van der Waals surface area contributed by atoms with Crippen molar-refractivity contribution < 1.29 is 18.4 Å². The molecule has 0 aliphatic carbocycles. The molecule has 1 unspecified atom stereocenters. The van der Waals surface area contributed by atoms with Crippen molar-refractivity contribution in [3.05, 3.63) is 28.2 Å². The van der Waals surface area contributed by atoms with Crippen molar-refractivity contribution in [3.63, 3.8) is 0 Å². The molecule has 0 N–H and O–H groups in total. The van der Waals surface area contributed by atoms with Gasteiger partial charge in [0, 0.05) is 18.8 Å². The summed E-state index contributed by atoms with van der Waals surface area (Å²) in [5.74, 6) is -1.86. The van der Waals surface area contributed by atoms with E-state index in [9.17, 15) is 18.4 Å². The molecule has 0 saturated carbocycles. The van der Waals surface area contributed by atoms with Crippen molar-refractivity contribution in [2.75, 3.05) is 24.5 Å². The quantitative estimate of drug-likeness (QED) is 0.705. The highest BCUT2D eigenvalue weighted by atomic mass is 35.5. The maximum Gasteiger partial charge on any atom is 0.255 e. The SMILES string of the molecule is CCCN(CC(F)F)C(=O)C1CCN(c2ccc(Cl)c(Cl)c2)C1=O. The molecule has 0 aromatic heterocycles. The highest BCUT2D eigenvalue weighted by molar-refractivity contribution is 6.42. The Morgan fingerprint density at radius 2 is 2.08 bits per heavy atom. The van der Waals surface area contributed by atoms with E-state index in [0.717, 1.165) is 4.90 Å². The summed E-state index contributed by atoms with van der Waals surface area (Å²) in [4.78, 5) is 27.5. The third-order valence-corrected chi connectivity index (χ3v) is 4.62. The highest BCUT2D eigenvalue weighted by Crippen LogP contribution is 2.31. The second kappa shape index (κ2) is 8.12. The van der Waals surface area contributed by atoms with Crippen LogP contribution in [0.4, 0.5) is 14.5 Å². The number of benzene rings is 1. The summed E-state index contributed by atoms with van der Waals surface area (Å²) in [6.07, 6.45) is -1.78. The number of rotatable bonds is 6. The zero-order valence-corrected chi connectivity index (χ0v) is 14.7. The van der Waals surface area contributed by atoms with Gasteiger partial charge in [-0.25, -0.2) is 8.78 Å². The molecular formula is C16H18Cl2F2N2O2. The Hall–Kier alpha value is -1.40. The van der Waals surface area contributed by atoms with Gasteiger partial charge < -0.3 is 9.80 Å². The first-order chi connectivity index (χ1) is 11.3. The van der Waals surface area contributed by atoms with Crippen molar-refractivity contribution in [1.29, 1.82) is 0 Å². The number of anilines is 1. The zero-order chi connectivity index (χ0) is 17.9. The first kappa shape index (κ1) is 18.9. The summed E-state index contributed by atoms with van der Waals surface area (Å²) in [5, 5.41) is 0.674. The van der Waals surface area contributed by atoms with Gasteiger partial charge >= 0.3 is 0 Å². The molecule has 0 spiro atoms. The average molecular weight is 379 g/mol. The average Bonchev–Trinajstić information content (AvgIpc) is 2.90. The van der Waals surface area contributed by atoms with Gasteiger partial charge in [-0.05, 0) is 31.0 Å². The summed E-state index contributed by atoms with van der Waals surface area (Å²) in [7, 11) is 0. The van der Waals surface area contributed by atoms with Crippen LogP contribution in [-0.4, -0.2) is 42.8 Å². The van der Waals surface area contributed by atoms with Crippen LogP contribution in [0.25, 0.3) is 0 Å². The predicted octanol–water partition coefficient (Wildman–Crippen LogP) is 3.85. The standard InChI is InChI=1S/C16H18Cl2F2N2O2/c1-2-6-21(9-14(19)20)15(23)11-5-7-22(16(11)24)10-3-4-12(17)13(18)8-10/h3-4,8,11,14H,2,5-7,9H2,1H3. The van der Waals surface area contributed by atoms with Crippen LogP contribution >= 0.6 is 23.2 Å². The number of hydrogen-bond donors (Lipinski definition) is 0. The van der Waals surface area contributed by atoms with E-state index in [0.29, 0.717) is 35.1 Å². The van der Waals surface area contributed by atoms with Gasteiger partial charge in [-0.15, -0.1) is 0 Å². The molecule has 8 heteroatoms. The fourth-order valence-corrected chi connectivity index (χ4v) is 3.06. The van der Waals surface area contributed by atoms with E-state index in [1.54, 1.807) is 25.1 Å². The second-order valence-corrected chi connectivity index (χ2v) is 6.42. The number of carbonyl (C=O) groups excluding carboxylic acids is 2. The third kappa shape index (κ3) is 4.16. The lowest BCUT2D eigenvalue weighted by Crippen LogP contribution is -2.42. The summed E-state index contributed by atoms with van der Waals surface area (Å²) < 4.78 is 25.3. The molecule has 24 heavy (non-hydrogen) atoms. The molecular weight excluding hydrogens is 361 g/mol. The van der Waals surface area contributed by atoms with Crippen LogP contribution in [0.15, 0.2) is 18.2 Å². The summed E-state index contributed by atoms with van der Waals surface area (Å²) >= 11 is 11.8. The molecule has 1 aromatic rings. The van der Waals surface area contributed by atoms with Crippen LogP contribution in [-0.2, 0) is 9.59 Å². The van der Waals surface area contributed by atoms with Crippen molar-refractivity contribution in [3.8, 4) is 0 Å². The maximum absolute atomic E-state index is 12.7. The van der Waals surface area contributed by atoms with Crippen molar-refractivity contribution in [2.24, 2.45) is 5.92 Å². The minimum Gasteiger partial charge on any atom is -0.336 e. The van der Waals surface area contributed by atoms with Gasteiger partial charge in [0.25, 0.3) is 6.43 Å². The first-order valence-corrected chi connectivity index (χ1v) is 8.44.